The summed E-state index contributed by atoms with van der Waals surface area (Å²) in [5.41, 5.74) is 8.54. The van der Waals surface area contributed by atoms with Gasteiger partial charge in [0.2, 0.25) is 0 Å². The molecule has 2 nitrogen and oxygen atoms in total. The van der Waals surface area contributed by atoms with Crippen molar-refractivity contribution in [2.24, 2.45) is 0 Å². The van der Waals surface area contributed by atoms with Crippen molar-refractivity contribution in [1.29, 1.82) is 0 Å². The van der Waals surface area contributed by atoms with Crippen molar-refractivity contribution < 1.29 is 4.79 Å². The Hall–Kier alpha value is -2.09. The molecule has 24 heavy (non-hydrogen) atoms. The zero-order chi connectivity index (χ0) is 17.3. The Morgan fingerprint density at radius 3 is 2.33 bits per heavy atom. The molecule has 0 bridgehead atoms. The van der Waals surface area contributed by atoms with Crippen LogP contribution in [-0.2, 0) is 12.8 Å². The van der Waals surface area contributed by atoms with Crippen molar-refractivity contribution >= 4 is 5.91 Å². The Morgan fingerprint density at radius 1 is 0.917 bits per heavy atom. The number of amides is 1. The minimum absolute atomic E-state index is 0.00725. The second-order valence-electron chi connectivity index (χ2n) is 7.18. The molecule has 1 N–H and O–H groups in total. The van der Waals surface area contributed by atoms with E-state index in [1.807, 2.05) is 6.07 Å². The maximum atomic E-state index is 12.7. The predicted octanol–water partition coefficient (Wildman–Crippen LogP) is 4.98. The van der Waals surface area contributed by atoms with Crippen LogP contribution in [0.2, 0.25) is 0 Å². The quantitative estimate of drug-likeness (QED) is 0.848. The summed E-state index contributed by atoms with van der Waals surface area (Å²) in [6, 6.07) is 10.6. The first-order chi connectivity index (χ1) is 11.5. The molecule has 1 amide bonds. The standard InChI is InChI=1S/C22H27NO/c1-14-11-16(3)21(12-15(14)2)17(4)23-22(24)20-10-9-18-7-5-6-8-19(18)13-20/h9-13,17H,5-8H2,1-4H3,(H,23,24). The van der Waals surface area contributed by atoms with Crippen LogP contribution in [0, 0.1) is 20.8 Å². The minimum atomic E-state index is 0.00725. The monoisotopic (exact) mass is 321 g/mol. The Bertz CT molecular complexity index is 776. The SMILES string of the molecule is Cc1cc(C)c(C(C)NC(=O)c2ccc3c(c2)CCCC3)cc1C. The Labute approximate surface area is 145 Å². The molecule has 0 radical (unpaired) electrons. The van der Waals surface area contributed by atoms with Crippen LogP contribution < -0.4 is 5.32 Å². The van der Waals surface area contributed by atoms with Gasteiger partial charge in [0.25, 0.3) is 5.91 Å². The molecule has 1 atom stereocenters. The molecule has 0 aliphatic heterocycles. The fourth-order valence-corrected chi connectivity index (χ4v) is 3.68. The van der Waals surface area contributed by atoms with E-state index in [0.29, 0.717) is 0 Å². The van der Waals surface area contributed by atoms with Crippen LogP contribution >= 0.6 is 0 Å². The van der Waals surface area contributed by atoms with Crippen molar-refractivity contribution in [1.82, 2.24) is 5.32 Å². The van der Waals surface area contributed by atoms with Gasteiger partial charge in [-0.05, 0) is 98.9 Å². The molecule has 0 saturated carbocycles. The second kappa shape index (κ2) is 6.80. The molecule has 1 unspecified atom stereocenters. The molecule has 0 fully saturated rings. The number of benzene rings is 2. The van der Waals surface area contributed by atoms with E-state index in [1.165, 1.54) is 46.2 Å². The van der Waals surface area contributed by atoms with E-state index >= 15 is 0 Å². The van der Waals surface area contributed by atoms with E-state index in [2.05, 4.69) is 57.3 Å². The van der Waals surface area contributed by atoms with Gasteiger partial charge in [0, 0.05) is 5.56 Å². The first kappa shape index (κ1) is 16.8. The fourth-order valence-electron chi connectivity index (χ4n) is 3.68. The first-order valence-electron chi connectivity index (χ1n) is 8.96. The average Bonchev–Trinajstić information content (AvgIpc) is 2.57. The smallest absolute Gasteiger partial charge is 0.251 e. The topological polar surface area (TPSA) is 29.1 Å². The van der Waals surface area contributed by atoms with Gasteiger partial charge in [0.05, 0.1) is 6.04 Å². The van der Waals surface area contributed by atoms with E-state index in [9.17, 15) is 4.79 Å². The molecule has 0 aromatic heterocycles. The third kappa shape index (κ3) is 3.38. The van der Waals surface area contributed by atoms with Gasteiger partial charge < -0.3 is 5.32 Å². The molecular formula is C22H27NO. The molecule has 0 saturated heterocycles. The molecule has 1 aliphatic rings. The van der Waals surface area contributed by atoms with Crippen molar-refractivity contribution in [2.45, 2.75) is 59.4 Å². The zero-order valence-electron chi connectivity index (χ0n) is 15.2. The lowest BCUT2D eigenvalue weighted by atomic mass is 9.90. The lowest BCUT2D eigenvalue weighted by Crippen LogP contribution is -2.27. The summed E-state index contributed by atoms with van der Waals surface area (Å²) >= 11 is 0. The maximum absolute atomic E-state index is 12.7. The van der Waals surface area contributed by atoms with Gasteiger partial charge in [0.15, 0.2) is 0 Å². The van der Waals surface area contributed by atoms with E-state index in [1.54, 1.807) is 0 Å². The second-order valence-corrected chi connectivity index (χ2v) is 7.18. The highest BCUT2D eigenvalue weighted by Gasteiger charge is 2.16. The van der Waals surface area contributed by atoms with Gasteiger partial charge in [-0.3, -0.25) is 4.79 Å². The summed E-state index contributed by atoms with van der Waals surface area (Å²) in [7, 11) is 0. The number of hydrogen-bond donors (Lipinski definition) is 1. The van der Waals surface area contributed by atoms with E-state index in [-0.39, 0.29) is 11.9 Å². The van der Waals surface area contributed by atoms with E-state index in [0.717, 1.165) is 18.4 Å². The van der Waals surface area contributed by atoms with Crippen LogP contribution in [0.25, 0.3) is 0 Å². The lowest BCUT2D eigenvalue weighted by molar-refractivity contribution is 0.0939. The maximum Gasteiger partial charge on any atom is 0.251 e. The summed E-state index contributed by atoms with van der Waals surface area (Å²) in [4.78, 5) is 12.7. The van der Waals surface area contributed by atoms with Crippen molar-refractivity contribution in [3.63, 3.8) is 0 Å². The lowest BCUT2D eigenvalue weighted by Gasteiger charge is -2.20. The Balaban J connectivity index is 1.78. The van der Waals surface area contributed by atoms with Crippen LogP contribution in [0.5, 0.6) is 0 Å². The molecule has 0 heterocycles. The van der Waals surface area contributed by atoms with Gasteiger partial charge in [-0.2, -0.15) is 0 Å². The number of aryl methyl sites for hydroxylation is 5. The third-order valence-corrected chi connectivity index (χ3v) is 5.31. The fraction of sp³-hybridized carbons (Fsp3) is 0.409. The molecule has 126 valence electrons. The number of fused-ring (bicyclic) bond motifs is 1. The van der Waals surface area contributed by atoms with Gasteiger partial charge in [-0.25, -0.2) is 0 Å². The van der Waals surface area contributed by atoms with Crippen molar-refractivity contribution in [3.05, 3.63) is 69.3 Å². The highest BCUT2D eigenvalue weighted by Crippen LogP contribution is 2.24. The molecule has 2 aromatic carbocycles. The van der Waals surface area contributed by atoms with Crippen LogP contribution in [-0.4, -0.2) is 5.91 Å². The zero-order valence-corrected chi connectivity index (χ0v) is 15.2. The molecular weight excluding hydrogens is 294 g/mol. The van der Waals surface area contributed by atoms with Gasteiger partial charge in [-0.1, -0.05) is 18.2 Å². The van der Waals surface area contributed by atoms with Crippen molar-refractivity contribution in [3.8, 4) is 0 Å². The van der Waals surface area contributed by atoms with Crippen LogP contribution in [0.3, 0.4) is 0 Å². The molecule has 2 aromatic rings. The summed E-state index contributed by atoms with van der Waals surface area (Å²) < 4.78 is 0. The molecule has 2 heteroatoms. The van der Waals surface area contributed by atoms with Crippen LogP contribution in [0.4, 0.5) is 0 Å². The van der Waals surface area contributed by atoms with Gasteiger partial charge in [-0.15, -0.1) is 0 Å². The first-order valence-corrected chi connectivity index (χ1v) is 8.96. The Kier molecular flexibility index (Phi) is 4.75. The molecule has 1 aliphatic carbocycles. The minimum Gasteiger partial charge on any atom is -0.346 e. The summed E-state index contributed by atoms with van der Waals surface area (Å²) in [5, 5.41) is 3.17. The molecule has 3 rings (SSSR count). The van der Waals surface area contributed by atoms with Crippen LogP contribution in [0.1, 0.15) is 69.5 Å². The predicted molar refractivity (Wildman–Crippen MR) is 99.6 cm³/mol. The van der Waals surface area contributed by atoms with Gasteiger partial charge in [0.1, 0.15) is 0 Å². The summed E-state index contributed by atoms with van der Waals surface area (Å²) in [6.07, 6.45) is 4.75. The van der Waals surface area contributed by atoms with E-state index in [4.69, 9.17) is 0 Å². The highest BCUT2D eigenvalue weighted by atomic mass is 16.1. The molecule has 0 spiro atoms. The summed E-state index contributed by atoms with van der Waals surface area (Å²) in [5.74, 6) is 0.0218. The van der Waals surface area contributed by atoms with E-state index < -0.39 is 0 Å². The number of hydrogen-bond acceptors (Lipinski definition) is 1. The van der Waals surface area contributed by atoms with Gasteiger partial charge >= 0.3 is 0 Å². The highest BCUT2D eigenvalue weighted by molar-refractivity contribution is 5.94. The largest absolute Gasteiger partial charge is 0.346 e. The number of carbonyl (C=O) groups is 1. The average molecular weight is 321 g/mol. The summed E-state index contributed by atoms with van der Waals surface area (Å²) in [6.45, 7) is 8.43. The normalized spacial score (nSPS) is 14.8. The third-order valence-electron chi connectivity index (χ3n) is 5.31. The Morgan fingerprint density at radius 2 is 1.58 bits per heavy atom. The number of nitrogens with one attached hydrogen (secondary N) is 1. The van der Waals surface area contributed by atoms with Crippen LogP contribution in [0.15, 0.2) is 30.3 Å². The van der Waals surface area contributed by atoms with Crippen molar-refractivity contribution in [2.75, 3.05) is 0 Å². The number of carbonyl (C=O) groups excluding carboxylic acids is 1. The number of rotatable bonds is 3.